The number of hydrogen-bond donors (Lipinski definition) is 0. The van der Waals surface area contributed by atoms with Crippen LogP contribution in [0.3, 0.4) is 0 Å². The summed E-state index contributed by atoms with van der Waals surface area (Å²) in [6, 6.07) is 0.770. The van der Waals surface area contributed by atoms with Gasteiger partial charge in [-0.05, 0) is 56.3 Å². The van der Waals surface area contributed by atoms with Crippen molar-refractivity contribution in [2.75, 3.05) is 0 Å². The van der Waals surface area contributed by atoms with Gasteiger partial charge in [0.05, 0.1) is 5.92 Å². The molecule has 3 nitrogen and oxygen atoms in total. The molecule has 1 fully saturated rings. The molecule has 0 N–H and O–H groups in total. The van der Waals surface area contributed by atoms with Gasteiger partial charge in [-0.25, -0.2) is 0 Å². The number of hydrogen-bond acceptors (Lipinski definition) is 3. The van der Waals surface area contributed by atoms with Crippen molar-refractivity contribution in [2.24, 2.45) is 5.92 Å². The molecule has 0 bridgehead atoms. The van der Waals surface area contributed by atoms with E-state index in [9.17, 15) is 4.79 Å². The van der Waals surface area contributed by atoms with Crippen LogP contribution in [0.25, 0.3) is 0 Å². The van der Waals surface area contributed by atoms with Crippen LogP contribution in [0.1, 0.15) is 100 Å². The van der Waals surface area contributed by atoms with Gasteiger partial charge in [0.2, 0.25) is 9.76 Å². The molecule has 0 aromatic heterocycles. The Hall–Kier alpha value is -0.136. The molecule has 0 saturated heterocycles. The lowest BCUT2D eigenvalue weighted by molar-refractivity contribution is -0.139. The second-order valence-corrected chi connectivity index (χ2v) is 15.3. The van der Waals surface area contributed by atoms with Crippen molar-refractivity contribution in [3.8, 4) is 0 Å². The Bertz CT molecular complexity index is 431. The van der Waals surface area contributed by atoms with Gasteiger partial charge in [0, 0.05) is 5.60 Å². The van der Waals surface area contributed by atoms with Crippen LogP contribution in [0.15, 0.2) is 0 Å². The molecule has 1 saturated carbocycles. The van der Waals surface area contributed by atoms with Crippen LogP contribution in [0.4, 0.5) is 0 Å². The van der Waals surface area contributed by atoms with Gasteiger partial charge in [-0.2, -0.15) is 0 Å². The van der Waals surface area contributed by atoms with Crippen LogP contribution in [-0.4, -0.2) is 29.7 Å². The molecular formula is C22H44O3Si2. The lowest BCUT2D eigenvalue weighted by Gasteiger charge is -2.47. The molecule has 0 heterocycles. The summed E-state index contributed by atoms with van der Waals surface area (Å²) in [5, 5.41) is 0. The Labute approximate surface area is 172 Å². The standard InChI is InChI=1S/C22H44O3Si2/c1-9-18(4)27(19(5)10-2,20-14-12-11-13-15-20)24-21(23)17(3)16-26-25-22(6,7)8/h17-20H,9-16H2,1-8H3. The van der Waals surface area contributed by atoms with Gasteiger partial charge in [0.1, 0.15) is 0 Å². The predicted octanol–water partition coefficient (Wildman–Crippen LogP) is 6.90. The molecule has 0 amide bonds. The Balaban J connectivity index is 2.95. The molecule has 5 heteroatoms. The number of carbonyl (C=O) groups excluding carboxylic acids is 1. The summed E-state index contributed by atoms with van der Waals surface area (Å²) in [5.41, 5.74) is 1.55. The van der Waals surface area contributed by atoms with Gasteiger partial charge in [-0.1, -0.05) is 66.7 Å². The van der Waals surface area contributed by atoms with E-state index >= 15 is 0 Å². The average Bonchev–Trinajstić information content (AvgIpc) is 2.64. The topological polar surface area (TPSA) is 35.5 Å². The lowest BCUT2D eigenvalue weighted by atomic mass is 10.0. The molecule has 3 unspecified atom stereocenters. The largest absolute Gasteiger partial charge is 0.518 e. The van der Waals surface area contributed by atoms with Crippen molar-refractivity contribution in [1.29, 1.82) is 0 Å². The van der Waals surface area contributed by atoms with Gasteiger partial charge in [-0.15, -0.1) is 0 Å². The molecule has 27 heavy (non-hydrogen) atoms. The van der Waals surface area contributed by atoms with E-state index in [1.54, 1.807) is 0 Å². The predicted molar refractivity (Wildman–Crippen MR) is 119 cm³/mol. The minimum atomic E-state index is -2.19. The van der Waals surface area contributed by atoms with Crippen molar-refractivity contribution in [1.82, 2.24) is 0 Å². The summed E-state index contributed by atoms with van der Waals surface area (Å²) in [6.07, 6.45) is 8.71. The van der Waals surface area contributed by atoms with E-state index in [0.29, 0.717) is 26.4 Å². The fourth-order valence-corrected chi connectivity index (χ4v) is 11.7. The normalized spacial score (nSPS) is 21.9. The summed E-state index contributed by atoms with van der Waals surface area (Å²) in [6.45, 7) is 17.5. The molecule has 0 aliphatic heterocycles. The first kappa shape index (κ1) is 24.9. The molecule has 1 aliphatic rings. The lowest BCUT2D eigenvalue weighted by Crippen LogP contribution is -2.53. The zero-order valence-electron chi connectivity index (χ0n) is 19.2. The van der Waals surface area contributed by atoms with E-state index in [0.717, 1.165) is 18.9 Å². The minimum absolute atomic E-state index is 0.0397. The highest BCUT2D eigenvalue weighted by atomic mass is 28.4. The van der Waals surface area contributed by atoms with Crippen LogP contribution in [0.5, 0.6) is 0 Å². The van der Waals surface area contributed by atoms with Gasteiger partial charge in [0.25, 0.3) is 14.3 Å². The molecule has 0 spiro atoms. The summed E-state index contributed by atoms with van der Waals surface area (Å²) in [5.74, 6) is -0.0351. The minimum Gasteiger partial charge on any atom is -0.518 e. The Kier molecular flexibility index (Phi) is 10.3. The molecule has 1 aliphatic carbocycles. The molecule has 1 rings (SSSR count). The summed E-state index contributed by atoms with van der Waals surface area (Å²) in [7, 11) is -1.84. The summed E-state index contributed by atoms with van der Waals surface area (Å²) in [4.78, 5) is 13.2. The quantitative estimate of drug-likeness (QED) is 0.366. The van der Waals surface area contributed by atoms with Crippen LogP contribution < -0.4 is 0 Å². The fourth-order valence-electron chi connectivity index (χ4n) is 4.51. The molecule has 0 aromatic carbocycles. The van der Waals surface area contributed by atoms with Crippen molar-refractivity contribution < 1.29 is 13.6 Å². The zero-order valence-corrected chi connectivity index (χ0v) is 21.2. The second-order valence-electron chi connectivity index (χ2n) is 9.69. The van der Waals surface area contributed by atoms with E-state index < -0.39 is 8.32 Å². The van der Waals surface area contributed by atoms with Crippen molar-refractivity contribution in [2.45, 2.75) is 129 Å². The summed E-state index contributed by atoms with van der Waals surface area (Å²) < 4.78 is 12.5. The van der Waals surface area contributed by atoms with Gasteiger partial charge in [-0.3, -0.25) is 4.79 Å². The van der Waals surface area contributed by atoms with E-state index in [-0.39, 0.29) is 17.5 Å². The monoisotopic (exact) mass is 412 g/mol. The van der Waals surface area contributed by atoms with Crippen LogP contribution >= 0.6 is 0 Å². The molecule has 158 valence electrons. The van der Waals surface area contributed by atoms with E-state index in [4.69, 9.17) is 8.85 Å². The number of carbonyl (C=O) groups is 1. The first-order chi connectivity index (χ1) is 12.6. The van der Waals surface area contributed by atoms with Crippen molar-refractivity contribution in [3.63, 3.8) is 0 Å². The van der Waals surface area contributed by atoms with E-state index in [2.05, 4.69) is 48.5 Å². The third-order valence-electron chi connectivity index (χ3n) is 6.46. The maximum Gasteiger partial charge on any atom is 0.295 e. The third kappa shape index (κ3) is 7.00. The first-order valence-corrected chi connectivity index (χ1v) is 14.5. The molecule has 2 radical (unpaired) electrons. The fraction of sp³-hybridized carbons (Fsp3) is 0.955. The van der Waals surface area contributed by atoms with Gasteiger partial charge >= 0.3 is 0 Å². The van der Waals surface area contributed by atoms with E-state index in [1.807, 2.05) is 6.92 Å². The van der Waals surface area contributed by atoms with E-state index in [1.165, 1.54) is 32.1 Å². The van der Waals surface area contributed by atoms with Gasteiger partial charge < -0.3 is 8.85 Å². The molecule has 3 atom stereocenters. The highest BCUT2D eigenvalue weighted by Crippen LogP contribution is 2.51. The van der Waals surface area contributed by atoms with Crippen molar-refractivity contribution >= 4 is 24.0 Å². The molecule has 0 aromatic rings. The highest BCUT2D eigenvalue weighted by Gasteiger charge is 2.53. The maximum absolute atomic E-state index is 13.2. The number of rotatable bonds is 10. The van der Waals surface area contributed by atoms with Crippen LogP contribution in [-0.2, 0) is 13.6 Å². The highest BCUT2D eigenvalue weighted by molar-refractivity contribution is 6.79. The smallest absolute Gasteiger partial charge is 0.295 e. The maximum atomic E-state index is 13.2. The van der Waals surface area contributed by atoms with Gasteiger partial charge in [0.15, 0.2) is 0 Å². The Morgan fingerprint density at radius 1 is 1.04 bits per heavy atom. The Morgan fingerprint density at radius 2 is 1.56 bits per heavy atom. The average molecular weight is 413 g/mol. The van der Waals surface area contributed by atoms with Crippen LogP contribution in [0, 0.1) is 5.92 Å². The Morgan fingerprint density at radius 3 is 2.00 bits per heavy atom. The second kappa shape index (κ2) is 11.2. The third-order valence-corrected chi connectivity index (χ3v) is 14.3. The first-order valence-electron chi connectivity index (χ1n) is 11.2. The molecular weight excluding hydrogens is 368 g/mol. The SMILES string of the molecule is CCC(C)[Si](OC(=O)C(C)C[Si]OC(C)(C)C)(C(C)CC)C1CCCCC1. The zero-order chi connectivity index (χ0) is 20.7. The van der Waals surface area contributed by atoms with Crippen molar-refractivity contribution in [3.05, 3.63) is 0 Å². The summed E-state index contributed by atoms with van der Waals surface area (Å²) >= 11 is 0. The van der Waals surface area contributed by atoms with Crippen LogP contribution in [0.2, 0.25) is 22.7 Å².